The molecule has 8 aromatic rings. The maximum Gasteiger partial charge on any atom is 0.395 e. The molecule has 91 heavy (non-hydrogen) atoms. The lowest BCUT2D eigenvalue weighted by Crippen LogP contribution is -3.00. The quantitative estimate of drug-likeness (QED) is 0.0214. The molecule has 3 nitrogen and oxygen atoms in total. The van der Waals surface area contributed by atoms with Crippen LogP contribution in [0.5, 0.6) is 0 Å². The van der Waals surface area contributed by atoms with Crippen molar-refractivity contribution in [3.05, 3.63) is 222 Å². The molecule has 6 unspecified atom stereocenters. The van der Waals surface area contributed by atoms with Crippen molar-refractivity contribution in [1.82, 2.24) is 5.32 Å². The van der Waals surface area contributed by atoms with Gasteiger partial charge >= 0.3 is 12.4 Å². The summed E-state index contributed by atoms with van der Waals surface area (Å²) in [5.74, 6) is 0.156. The maximum atomic E-state index is 13.2. The van der Waals surface area contributed by atoms with E-state index in [-0.39, 0.29) is 47.3 Å². The van der Waals surface area contributed by atoms with Gasteiger partial charge in [-0.05, 0) is 163 Å². The van der Waals surface area contributed by atoms with E-state index in [0.29, 0.717) is 31.7 Å². The minimum absolute atomic E-state index is 0. The molecular formula is C80H96Br2F6N3+. The van der Waals surface area contributed by atoms with Crippen LogP contribution in [-0.2, 0) is 0 Å². The van der Waals surface area contributed by atoms with Crippen molar-refractivity contribution in [2.24, 2.45) is 40.5 Å². The van der Waals surface area contributed by atoms with Gasteiger partial charge in [0.25, 0.3) is 0 Å². The van der Waals surface area contributed by atoms with Crippen LogP contribution >= 0.6 is 15.9 Å². The molecule has 0 amide bonds. The Morgan fingerprint density at radius 1 is 0.527 bits per heavy atom. The van der Waals surface area contributed by atoms with E-state index in [9.17, 15) is 26.3 Å². The third kappa shape index (κ3) is 23.0. The fourth-order valence-electron chi connectivity index (χ4n) is 14.0. The van der Waals surface area contributed by atoms with Crippen molar-refractivity contribution in [1.29, 1.82) is 0 Å². The van der Waals surface area contributed by atoms with E-state index in [0.717, 1.165) is 79.9 Å². The van der Waals surface area contributed by atoms with Crippen molar-refractivity contribution in [2.75, 3.05) is 18.4 Å². The third-order valence-corrected chi connectivity index (χ3v) is 19.6. The smallest absolute Gasteiger partial charge is 0.395 e. The molecule has 3 aliphatic carbocycles. The first-order valence-electron chi connectivity index (χ1n) is 33.4. The third-order valence-electron chi connectivity index (χ3n) is 19.0. The van der Waals surface area contributed by atoms with Crippen LogP contribution in [0.1, 0.15) is 183 Å². The zero-order valence-corrected chi connectivity index (χ0v) is 57.1. The zero-order chi connectivity index (χ0) is 63.7. The van der Waals surface area contributed by atoms with Gasteiger partial charge in [0.2, 0.25) is 0 Å². The van der Waals surface area contributed by atoms with Crippen molar-refractivity contribution in [3.8, 4) is 0 Å². The van der Waals surface area contributed by atoms with E-state index in [1.54, 1.807) is 6.42 Å². The number of fused-ring (bicyclic) bond motifs is 3. The number of alkyl halides is 7. The average Bonchev–Trinajstić information content (AvgIpc) is 1.35. The molecule has 8 aromatic carbocycles. The maximum absolute atomic E-state index is 13.2. The average molecular weight is 1370 g/mol. The van der Waals surface area contributed by atoms with Gasteiger partial charge in [0, 0.05) is 42.1 Å². The second kappa shape index (κ2) is 37.2. The predicted molar refractivity (Wildman–Crippen MR) is 371 cm³/mol. The van der Waals surface area contributed by atoms with Gasteiger partial charge in [-0.3, -0.25) is 4.99 Å². The summed E-state index contributed by atoms with van der Waals surface area (Å²) in [4.78, 5) is 4.69. The summed E-state index contributed by atoms with van der Waals surface area (Å²) < 4.78 is 79.2. The first-order valence-corrected chi connectivity index (χ1v) is 34.6. The van der Waals surface area contributed by atoms with E-state index < -0.39 is 24.2 Å². The van der Waals surface area contributed by atoms with Crippen molar-refractivity contribution in [3.63, 3.8) is 0 Å². The molecule has 11 heteroatoms. The highest BCUT2D eigenvalue weighted by atomic mass is 79.9. The Kier molecular flexibility index (Phi) is 29.7. The Labute approximate surface area is 558 Å². The van der Waals surface area contributed by atoms with E-state index in [1.165, 1.54) is 87.5 Å². The molecule has 1 N–H and O–H groups in total. The molecule has 0 spiro atoms. The lowest BCUT2D eigenvalue weighted by atomic mass is 9.79. The number of rotatable bonds is 19. The van der Waals surface area contributed by atoms with Crippen molar-refractivity contribution >= 4 is 60.7 Å². The summed E-state index contributed by atoms with van der Waals surface area (Å²) in [7, 11) is 0. The Hall–Kier alpha value is -5.75. The molecule has 0 saturated heterocycles. The molecule has 0 bridgehead atoms. The molecule has 0 radical (unpaired) electrons. The second-order valence-corrected chi connectivity index (χ2v) is 26.6. The van der Waals surface area contributed by atoms with Gasteiger partial charge in [0.15, 0.2) is 12.3 Å². The SMILES string of the molecule is CC1CCCC(CCCN[C@H](C)c2cccc3ccccc23)C1.C[C@@H](N=Cc1ccccc1)c1cccc2ccccc12.C[C@H](c1cccc2ccccc12)[N+](=Cc1ccccc1)CCCC1CCCC(C(F)(F)F)C1.FC(F)(F)C1C[CH+]CC(CCCBr)C1.[Br-]. The van der Waals surface area contributed by atoms with Crippen LogP contribution in [0.4, 0.5) is 26.3 Å². The van der Waals surface area contributed by atoms with Gasteiger partial charge in [-0.2, -0.15) is 26.3 Å². The van der Waals surface area contributed by atoms with E-state index >= 15 is 0 Å². The summed E-state index contributed by atoms with van der Waals surface area (Å²) in [6.07, 6.45) is 13.7. The molecule has 3 saturated carbocycles. The topological polar surface area (TPSA) is 27.4 Å². The monoisotopic (exact) mass is 1370 g/mol. The van der Waals surface area contributed by atoms with Crippen molar-refractivity contribution < 1.29 is 47.9 Å². The Morgan fingerprint density at radius 2 is 1.01 bits per heavy atom. The molecule has 3 fully saturated rings. The highest BCUT2D eigenvalue weighted by Crippen LogP contribution is 2.43. The highest BCUT2D eigenvalue weighted by molar-refractivity contribution is 9.09. The Bertz CT molecular complexity index is 3420. The second-order valence-electron chi connectivity index (χ2n) is 25.8. The summed E-state index contributed by atoms with van der Waals surface area (Å²) >= 11 is 3.30. The fourth-order valence-corrected chi connectivity index (χ4v) is 14.3. The van der Waals surface area contributed by atoms with Gasteiger partial charge in [0.1, 0.15) is 6.54 Å². The summed E-state index contributed by atoms with van der Waals surface area (Å²) in [6, 6.07) is 66.3. The van der Waals surface area contributed by atoms with Crippen LogP contribution in [0.3, 0.4) is 0 Å². The number of aliphatic imine (C=N–C) groups is 1. The van der Waals surface area contributed by atoms with Crippen LogP contribution in [0.2, 0.25) is 0 Å². The van der Waals surface area contributed by atoms with Crippen LogP contribution < -0.4 is 22.3 Å². The summed E-state index contributed by atoms with van der Waals surface area (Å²) in [5, 5.41) is 12.4. The van der Waals surface area contributed by atoms with Gasteiger partial charge in [-0.1, -0.05) is 231 Å². The highest BCUT2D eigenvalue weighted by Gasteiger charge is 2.45. The van der Waals surface area contributed by atoms with Crippen molar-refractivity contribution in [2.45, 2.75) is 167 Å². The van der Waals surface area contributed by atoms with E-state index in [4.69, 9.17) is 0 Å². The van der Waals surface area contributed by atoms with Crippen LogP contribution in [0.15, 0.2) is 193 Å². The number of halogens is 8. The number of nitrogens with zero attached hydrogens (tertiary/aromatic N) is 2. The lowest BCUT2D eigenvalue weighted by molar-refractivity contribution is -0.564. The van der Waals surface area contributed by atoms with E-state index in [2.05, 4.69) is 216 Å². The predicted octanol–water partition coefficient (Wildman–Crippen LogP) is 20.6. The number of hydrogen-bond acceptors (Lipinski definition) is 2. The largest absolute Gasteiger partial charge is 1.00 e. The first kappa shape index (κ1) is 72.7. The number of nitrogens with one attached hydrogen (secondary N) is 1. The van der Waals surface area contributed by atoms with Crippen LogP contribution in [0, 0.1) is 41.9 Å². The molecule has 9 atom stereocenters. The summed E-state index contributed by atoms with van der Waals surface area (Å²) in [6.45, 7) is 11.0. The van der Waals surface area contributed by atoms with Crippen LogP contribution in [-0.4, -0.2) is 47.8 Å². The zero-order valence-electron chi connectivity index (χ0n) is 53.9. The van der Waals surface area contributed by atoms with Crippen LogP contribution in [0.25, 0.3) is 32.3 Å². The standard InChI is InChI=1S/C29H33F3N.C22H31N.C19H17N.C10H15BrF3.BrH/c1-22(27-18-8-15-25-14-5-6-17-28(25)27)33(21-24-10-3-2-4-11-24)19-9-13-23-12-7-16-26(20-23)29(30,31)32;1-17-8-5-9-19(16-17)10-7-15-23-18(2)21-14-6-12-20-11-3-4-13-22(20)21;1-15(20-14-16-8-3-2-4-9-16)18-13-7-11-17-10-5-6-12-19(17)18;11-6-2-4-8-3-1-5-9(7-8)10(12,13)14;/h2-6,8,10-11,14-15,17-18,21-23,26H,7,9,12-13,16,19-20H2,1H3;3-4,6,11-14,17-19,23H,5,7-10,15-16H2,1-2H3;2-15H,1H3;1,8-9H,2-7H2;1H/q+1;;;+1;/p-1/t22-,23?,26?;17?,18-,19?;15-;;/m111../s1. The van der Waals surface area contributed by atoms with Gasteiger partial charge in [0.05, 0.1) is 37.1 Å². The molecule has 0 heterocycles. The van der Waals surface area contributed by atoms with Gasteiger partial charge < -0.3 is 22.3 Å². The lowest BCUT2D eigenvalue weighted by Gasteiger charge is -2.30. The first-order chi connectivity index (χ1) is 43.5. The van der Waals surface area contributed by atoms with Gasteiger partial charge in [-0.25, -0.2) is 4.58 Å². The molecule has 11 rings (SSSR count). The normalized spacial score (nSPS) is 20.5. The minimum Gasteiger partial charge on any atom is -1.00 e. The summed E-state index contributed by atoms with van der Waals surface area (Å²) in [5.41, 5.74) is 6.25. The Morgan fingerprint density at radius 3 is 1.60 bits per heavy atom. The minimum atomic E-state index is -4.05. The molecular weight excluding hydrogens is 1280 g/mol. The molecule has 486 valence electrons. The molecule has 0 aromatic heterocycles. The fraction of sp³-hybridized carbons (Fsp3) is 0.438. The van der Waals surface area contributed by atoms with Gasteiger partial charge in [-0.15, -0.1) is 0 Å². The molecule has 3 aliphatic rings. The Balaban J connectivity index is 0.000000179. The number of hydrogen-bond donors (Lipinski definition) is 1. The van der Waals surface area contributed by atoms with E-state index in [1.807, 2.05) is 42.6 Å². The number of benzene rings is 8. The molecule has 0 aliphatic heterocycles.